The van der Waals surface area contributed by atoms with Crippen LogP contribution in [-0.4, -0.2) is 50.7 Å². The number of Topliss-reactive ketones (excluding diaryl/α,β-unsaturated/α-hetero) is 1. The predicted molar refractivity (Wildman–Crippen MR) is 79.6 cm³/mol. The summed E-state index contributed by atoms with van der Waals surface area (Å²) in [6.45, 7) is 2.18. The predicted octanol–water partition coefficient (Wildman–Crippen LogP) is 1.63. The molecule has 4 nitrogen and oxygen atoms in total. The summed E-state index contributed by atoms with van der Waals surface area (Å²) in [5, 5.41) is 0. The minimum Gasteiger partial charge on any atom is -0.302 e. The molecule has 110 valence electrons. The minimum atomic E-state index is -2.90. The van der Waals surface area contributed by atoms with Crippen LogP contribution in [-0.2, 0) is 9.84 Å². The van der Waals surface area contributed by atoms with E-state index >= 15 is 0 Å². The molecule has 1 fully saturated rings. The van der Waals surface area contributed by atoms with E-state index in [4.69, 9.17) is 0 Å². The Kier molecular flexibility index (Phi) is 4.94. The van der Waals surface area contributed by atoms with E-state index in [1.165, 1.54) is 6.26 Å². The number of hydrogen-bond donors (Lipinski definition) is 0. The van der Waals surface area contributed by atoms with Crippen LogP contribution in [0, 0.1) is 5.92 Å². The number of likely N-dealkylation sites (tertiary alicyclic amines) is 1. The van der Waals surface area contributed by atoms with Crippen molar-refractivity contribution >= 4 is 15.6 Å². The maximum absolute atomic E-state index is 12.3. The van der Waals surface area contributed by atoms with Crippen molar-refractivity contribution in [2.24, 2.45) is 5.92 Å². The molecule has 0 N–H and O–H groups in total. The van der Waals surface area contributed by atoms with E-state index in [9.17, 15) is 13.2 Å². The van der Waals surface area contributed by atoms with Gasteiger partial charge in [-0.05, 0) is 25.9 Å². The zero-order valence-corrected chi connectivity index (χ0v) is 12.6. The molecule has 1 aromatic carbocycles. The number of carbonyl (C=O) groups excluding carboxylic acids is 1. The lowest BCUT2D eigenvalue weighted by molar-refractivity contribution is 0.0844. The van der Waals surface area contributed by atoms with Crippen molar-refractivity contribution in [3.63, 3.8) is 0 Å². The average molecular weight is 295 g/mol. The summed E-state index contributed by atoms with van der Waals surface area (Å²) < 4.78 is 22.3. The highest BCUT2D eigenvalue weighted by molar-refractivity contribution is 7.90. The lowest BCUT2D eigenvalue weighted by Gasteiger charge is -2.31. The van der Waals surface area contributed by atoms with Crippen molar-refractivity contribution in [2.75, 3.05) is 31.6 Å². The van der Waals surface area contributed by atoms with Crippen LogP contribution < -0.4 is 0 Å². The molecule has 0 unspecified atom stereocenters. The highest BCUT2D eigenvalue weighted by Gasteiger charge is 2.25. The second kappa shape index (κ2) is 6.50. The Labute approximate surface area is 120 Å². The summed E-state index contributed by atoms with van der Waals surface area (Å²) in [6, 6.07) is 9.39. The maximum Gasteiger partial charge on any atom is 0.166 e. The van der Waals surface area contributed by atoms with E-state index in [1.807, 2.05) is 30.3 Å². The van der Waals surface area contributed by atoms with E-state index in [-0.39, 0.29) is 17.5 Å². The van der Waals surface area contributed by atoms with E-state index in [2.05, 4.69) is 4.90 Å². The lowest BCUT2D eigenvalue weighted by Crippen LogP contribution is -2.38. The first kappa shape index (κ1) is 15.2. The second-order valence-electron chi connectivity index (χ2n) is 5.48. The Hall–Kier alpha value is -1.20. The third-order valence-electron chi connectivity index (χ3n) is 3.79. The van der Waals surface area contributed by atoms with Crippen molar-refractivity contribution in [3.8, 4) is 0 Å². The molecular weight excluding hydrogens is 274 g/mol. The Morgan fingerprint density at radius 2 is 1.80 bits per heavy atom. The topological polar surface area (TPSA) is 54.5 Å². The molecule has 0 atom stereocenters. The molecule has 1 heterocycles. The van der Waals surface area contributed by atoms with Gasteiger partial charge in [0, 0.05) is 24.3 Å². The lowest BCUT2D eigenvalue weighted by atomic mass is 9.89. The summed E-state index contributed by atoms with van der Waals surface area (Å²) in [5.74, 6) is 0.491. The molecule has 0 amide bonds. The molecule has 1 aliphatic rings. The molecule has 0 aromatic heterocycles. The van der Waals surface area contributed by atoms with E-state index in [0.717, 1.165) is 31.5 Å². The summed E-state index contributed by atoms with van der Waals surface area (Å²) >= 11 is 0. The standard InChI is InChI=1S/C15H21NO3S/c1-20(18,19)12-11-16-9-7-14(8-10-16)15(17)13-5-3-2-4-6-13/h2-6,14H,7-12H2,1H3. The normalized spacial score (nSPS) is 18.1. The zero-order chi connectivity index (χ0) is 14.6. The molecule has 5 heteroatoms. The monoisotopic (exact) mass is 295 g/mol. The first-order valence-electron chi connectivity index (χ1n) is 6.95. The third-order valence-corrected chi connectivity index (χ3v) is 4.72. The van der Waals surface area contributed by atoms with Crippen molar-refractivity contribution < 1.29 is 13.2 Å². The fourth-order valence-electron chi connectivity index (χ4n) is 2.55. The quantitative estimate of drug-likeness (QED) is 0.775. The van der Waals surface area contributed by atoms with Crippen LogP contribution in [0.4, 0.5) is 0 Å². The van der Waals surface area contributed by atoms with Crippen molar-refractivity contribution in [3.05, 3.63) is 35.9 Å². The molecule has 2 rings (SSSR count). The Morgan fingerprint density at radius 1 is 1.20 bits per heavy atom. The van der Waals surface area contributed by atoms with Gasteiger partial charge >= 0.3 is 0 Å². The van der Waals surface area contributed by atoms with Crippen LogP contribution in [0.3, 0.4) is 0 Å². The second-order valence-corrected chi connectivity index (χ2v) is 7.74. The van der Waals surface area contributed by atoms with Crippen LogP contribution in [0.15, 0.2) is 30.3 Å². The molecule has 1 aromatic rings. The average Bonchev–Trinajstić information content (AvgIpc) is 2.45. The SMILES string of the molecule is CS(=O)(=O)CCN1CCC(C(=O)c2ccccc2)CC1. The molecule has 0 radical (unpaired) electrons. The highest BCUT2D eigenvalue weighted by Crippen LogP contribution is 2.21. The van der Waals surface area contributed by atoms with Gasteiger partial charge in [-0.15, -0.1) is 0 Å². The van der Waals surface area contributed by atoms with Gasteiger partial charge in [-0.3, -0.25) is 4.79 Å². The molecular formula is C15H21NO3S. The van der Waals surface area contributed by atoms with Gasteiger partial charge in [0.2, 0.25) is 0 Å². The smallest absolute Gasteiger partial charge is 0.166 e. The van der Waals surface area contributed by atoms with Gasteiger partial charge in [0.25, 0.3) is 0 Å². The van der Waals surface area contributed by atoms with Gasteiger partial charge in [0.15, 0.2) is 5.78 Å². The van der Waals surface area contributed by atoms with Gasteiger partial charge < -0.3 is 4.90 Å². The van der Waals surface area contributed by atoms with Gasteiger partial charge in [-0.1, -0.05) is 30.3 Å². The number of nitrogens with zero attached hydrogens (tertiary/aromatic N) is 1. The summed E-state index contributed by atoms with van der Waals surface area (Å²) in [7, 11) is -2.90. The van der Waals surface area contributed by atoms with Gasteiger partial charge in [-0.25, -0.2) is 8.42 Å². The van der Waals surface area contributed by atoms with Gasteiger partial charge in [0.05, 0.1) is 5.75 Å². The summed E-state index contributed by atoms with van der Waals surface area (Å²) in [5.41, 5.74) is 0.780. The number of sulfone groups is 1. The molecule has 1 saturated heterocycles. The van der Waals surface area contributed by atoms with Crippen LogP contribution >= 0.6 is 0 Å². The number of ketones is 1. The first-order valence-corrected chi connectivity index (χ1v) is 9.01. The van der Waals surface area contributed by atoms with Crippen molar-refractivity contribution in [2.45, 2.75) is 12.8 Å². The van der Waals surface area contributed by atoms with Crippen molar-refractivity contribution in [1.82, 2.24) is 4.90 Å². The van der Waals surface area contributed by atoms with Gasteiger partial charge in [0.1, 0.15) is 9.84 Å². The Morgan fingerprint density at radius 3 is 2.35 bits per heavy atom. The number of hydrogen-bond acceptors (Lipinski definition) is 4. The summed E-state index contributed by atoms with van der Waals surface area (Å²) in [4.78, 5) is 14.4. The van der Waals surface area contributed by atoms with Gasteiger partial charge in [-0.2, -0.15) is 0 Å². The molecule has 0 bridgehead atoms. The van der Waals surface area contributed by atoms with Crippen LogP contribution in [0.25, 0.3) is 0 Å². The molecule has 0 saturated carbocycles. The molecule has 0 spiro atoms. The minimum absolute atomic E-state index is 0.0758. The largest absolute Gasteiger partial charge is 0.302 e. The van der Waals surface area contributed by atoms with Crippen LogP contribution in [0.2, 0.25) is 0 Å². The maximum atomic E-state index is 12.3. The zero-order valence-electron chi connectivity index (χ0n) is 11.8. The first-order chi connectivity index (χ1) is 9.46. The fourth-order valence-corrected chi connectivity index (χ4v) is 3.14. The van der Waals surface area contributed by atoms with E-state index < -0.39 is 9.84 Å². The van der Waals surface area contributed by atoms with E-state index in [1.54, 1.807) is 0 Å². The fraction of sp³-hybridized carbons (Fsp3) is 0.533. The number of carbonyl (C=O) groups is 1. The Bertz CT molecular complexity index is 546. The van der Waals surface area contributed by atoms with E-state index in [0.29, 0.717) is 6.54 Å². The number of rotatable bonds is 5. The third kappa shape index (κ3) is 4.42. The number of piperidine rings is 1. The number of benzene rings is 1. The molecule has 1 aliphatic heterocycles. The van der Waals surface area contributed by atoms with Crippen LogP contribution in [0.5, 0.6) is 0 Å². The highest BCUT2D eigenvalue weighted by atomic mass is 32.2. The van der Waals surface area contributed by atoms with Crippen LogP contribution in [0.1, 0.15) is 23.2 Å². The van der Waals surface area contributed by atoms with Crippen molar-refractivity contribution in [1.29, 1.82) is 0 Å². The Balaban J connectivity index is 1.84. The summed E-state index contributed by atoms with van der Waals surface area (Å²) in [6.07, 6.45) is 2.90. The molecule has 0 aliphatic carbocycles. The molecule has 20 heavy (non-hydrogen) atoms.